The van der Waals surface area contributed by atoms with Crippen molar-refractivity contribution in [3.63, 3.8) is 0 Å². The third-order valence-corrected chi connectivity index (χ3v) is 2.37. The van der Waals surface area contributed by atoms with E-state index in [-0.39, 0.29) is 5.60 Å². The minimum absolute atomic E-state index is 0.145. The summed E-state index contributed by atoms with van der Waals surface area (Å²) >= 11 is 0. The molecule has 0 amide bonds. The van der Waals surface area contributed by atoms with Crippen molar-refractivity contribution in [2.75, 3.05) is 0 Å². The van der Waals surface area contributed by atoms with Crippen molar-refractivity contribution in [1.82, 2.24) is 5.32 Å². The minimum Gasteiger partial charge on any atom is -0.488 e. The molecule has 1 rings (SSSR count). The molecule has 1 N–H and O–H groups in total. The number of benzene rings is 1. The van der Waals surface area contributed by atoms with Crippen LogP contribution >= 0.6 is 0 Å². The first-order chi connectivity index (χ1) is 7.78. The van der Waals surface area contributed by atoms with Gasteiger partial charge in [0.25, 0.3) is 0 Å². The zero-order valence-corrected chi connectivity index (χ0v) is 11.9. The Bertz CT molecular complexity index is 352. The van der Waals surface area contributed by atoms with E-state index in [0.29, 0.717) is 12.1 Å². The summed E-state index contributed by atoms with van der Waals surface area (Å²) in [5, 5.41) is 3.49. The molecule has 2 heteroatoms. The fourth-order valence-electron chi connectivity index (χ4n) is 1.80. The van der Waals surface area contributed by atoms with Gasteiger partial charge in [0.1, 0.15) is 11.4 Å². The number of hydrogen-bond acceptors (Lipinski definition) is 2. The predicted octanol–water partition coefficient (Wildman–Crippen LogP) is 3.92. The van der Waals surface area contributed by atoms with Crippen molar-refractivity contribution in [3.8, 4) is 5.75 Å². The van der Waals surface area contributed by atoms with Crippen molar-refractivity contribution in [3.05, 3.63) is 29.8 Å². The van der Waals surface area contributed by atoms with E-state index in [1.165, 1.54) is 5.56 Å². The molecular weight excluding hydrogens is 210 g/mol. The maximum atomic E-state index is 5.87. The van der Waals surface area contributed by atoms with Gasteiger partial charge in [-0.2, -0.15) is 0 Å². The van der Waals surface area contributed by atoms with Gasteiger partial charge >= 0.3 is 0 Å². The highest BCUT2D eigenvalue weighted by Gasteiger charge is 2.13. The molecule has 0 spiro atoms. The van der Waals surface area contributed by atoms with Crippen LogP contribution in [0.3, 0.4) is 0 Å². The van der Waals surface area contributed by atoms with E-state index in [1.807, 2.05) is 6.07 Å². The maximum Gasteiger partial charge on any atom is 0.120 e. The fourth-order valence-corrected chi connectivity index (χ4v) is 1.80. The molecule has 1 aromatic carbocycles. The summed E-state index contributed by atoms with van der Waals surface area (Å²) in [4.78, 5) is 0. The molecule has 1 aromatic rings. The first kappa shape index (κ1) is 14.0. The van der Waals surface area contributed by atoms with Gasteiger partial charge in [0.15, 0.2) is 0 Å². The third kappa shape index (κ3) is 5.22. The Labute approximate surface area is 105 Å². The van der Waals surface area contributed by atoms with E-state index < -0.39 is 0 Å². The number of rotatable bonds is 4. The molecule has 0 bridgehead atoms. The molecular formula is C15H25NO. The van der Waals surface area contributed by atoms with E-state index in [1.54, 1.807) is 0 Å². The Balaban J connectivity index is 2.78. The van der Waals surface area contributed by atoms with Crippen LogP contribution in [0.25, 0.3) is 0 Å². The summed E-state index contributed by atoms with van der Waals surface area (Å²) in [5.41, 5.74) is 1.12. The second-order valence-corrected chi connectivity index (χ2v) is 5.83. The van der Waals surface area contributed by atoms with Gasteiger partial charge in [0.05, 0.1) is 0 Å². The number of nitrogens with one attached hydrogen (secondary N) is 1. The van der Waals surface area contributed by atoms with Gasteiger partial charge in [-0.1, -0.05) is 26.0 Å². The molecule has 17 heavy (non-hydrogen) atoms. The van der Waals surface area contributed by atoms with Gasteiger partial charge in [-0.05, 0) is 45.4 Å². The molecule has 2 nitrogen and oxygen atoms in total. The Hall–Kier alpha value is -1.02. The summed E-state index contributed by atoms with van der Waals surface area (Å²) < 4.78 is 5.87. The molecule has 1 unspecified atom stereocenters. The first-order valence-electron chi connectivity index (χ1n) is 6.33. The van der Waals surface area contributed by atoms with Gasteiger partial charge in [-0.15, -0.1) is 0 Å². The molecule has 0 saturated heterocycles. The molecule has 0 radical (unpaired) electrons. The van der Waals surface area contributed by atoms with Crippen LogP contribution in [-0.4, -0.2) is 11.6 Å². The van der Waals surface area contributed by atoms with E-state index in [2.05, 4.69) is 65.1 Å². The van der Waals surface area contributed by atoms with Gasteiger partial charge in [-0.25, -0.2) is 0 Å². The summed E-state index contributed by atoms with van der Waals surface area (Å²) in [6.07, 6.45) is 0. The largest absolute Gasteiger partial charge is 0.488 e. The summed E-state index contributed by atoms with van der Waals surface area (Å²) in [6.45, 7) is 12.7. The Morgan fingerprint density at radius 2 is 1.76 bits per heavy atom. The highest BCUT2D eigenvalue weighted by atomic mass is 16.5. The highest BCUT2D eigenvalue weighted by Crippen LogP contribution is 2.22. The second-order valence-electron chi connectivity index (χ2n) is 5.83. The van der Waals surface area contributed by atoms with Crippen molar-refractivity contribution < 1.29 is 4.74 Å². The second kappa shape index (κ2) is 5.54. The zero-order valence-electron chi connectivity index (χ0n) is 11.9. The van der Waals surface area contributed by atoms with Crippen molar-refractivity contribution in [1.29, 1.82) is 0 Å². The molecule has 0 aliphatic heterocycles. The van der Waals surface area contributed by atoms with Crippen LogP contribution in [0.1, 0.15) is 53.1 Å². The van der Waals surface area contributed by atoms with Gasteiger partial charge < -0.3 is 10.1 Å². The van der Waals surface area contributed by atoms with Crippen LogP contribution < -0.4 is 10.1 Å². The fraction of sp³-hybridized carbons (Fsp3) is 0.600. The topological polar surface area (TPSA) is 21.3 Å². The standard InChI is InChI=1S/C15H25NO/c1-11(2)16-12(3)13-8-7-9-14(10-13)17-15(4,5)6/h7-12,16H,1-6H3. The van der Waals surface area contributed by atoms with Crippen molar-refractivity contribution >= 4 is 0 Å². The molecule has 0 aromatic heterocycles. The number of hydrogen-bond donors (Lipinski definition) is 1. The number of ether oxygens (including phenoxy) is 1. The molecule has 96 valence electrons. The Kier molecular flexibility index (Phi) is 4.58. The van der Waals surface area contributed by atoms with Crippen molar-refractivity contribution in [2.45, 2.75) is 59.2 Å². The molecule has 0 fully saturated rings. The van der Waals surface area contributed by atoms with Crippen molar-refractivity contribution in [2.24, 2.45) is 0 Å². The van der Waals surface area contributed by atoms with Gasteiger partial charge in [0.2, 0.25) is 0 Å². The molecule has 0 heterocycles. The lowest BCUT2D eigenvalue weighted by Crippen LogP contribution is -2.26. The van der Waals surface area contributed by atoms with Crippen LogP contribution in [0.2, 0.25) is 0 Å². The van der Waals surface area contributed by atoms with E-state index in [9.17, 15) is 0 Å². The average molecular weight is 235 g/mol. The SMILES string of the molecule is CC(C)NC(C)c1cccc(OC(C)(C)C)c1. The molecule has 0 aliphatic carbocycles. The van der Waals surface area contributed by atoms with Gasteiger partial charge in [0, 0.05) is 12.1 Å². The van der Waals surface area contributed by atoms with Gasteiger partial charge in [-0.3, -0.25) is 0 Å². The first-order valence-corrected chi connectivity index (χ1v) is 6.33. The quantitative estimate of drug-likeness (QED) is 0.854. The molecule has 1 atom stereocenters. The van der Waals surface area contributed by atoms with E-state index in [0.717, 1.165) is 5.75 Å². The normalized spacial score (nSPS) is 13.8. The summed E-state index contributed by atoms with van der Waals surface area (Å²) in [6, 6.07) is 9.14. The third-order valence-electron chi connectivity index (χ3n) is 2.37. The molecule has 0 saturated carbocycles. The zero-order chi connectivity index (χ0) is 13.1. The summed E-state index contributed by atoms with van der Waals surface area (Å²) in [5.74, 6) is 0.937. The van der Waals surface area contributed by atoms with Crippen LogP contribution in [0.5, 0.6) is 5.75 Å². The maximum absolute atomic E-state index is 5.87. The predicted molar refractivity (Wildman–Crippen MR) is 73.5 cm³/mol. The Morgan fingerprint density at radius 1 is 1.12 bits per heavy atom. The lowest BCUT2D eigenvalue weighted by Gasteiger charge is -2.23. The monoisotopic (exact) mass is 235 g/mol. The van der Waals surface area contributed by atoms with Crippen LogP contribution in [0, 0.1) is 0 Å². The molecule has 0 aliphatic rings. The lowest BCUT2D eigenvalue weighted by molar-refractivity contribution is 0.130. The summed E-state index contributed by atoms with van der Waals surface area (Å²) in [7, 11) is 0. The van der Waals surface area contributed by atoms with Crippen LogP contribution in [0.4, 0.5) is 0 Å². The lowest BCUT2D eigenvalue weighted by atomic mass is 10.1. The highest BCUT2D eigenvalue weighted by molar-refractivity contribution is 5.30. The smallest absolute Gasteiger partial charge is 0.120 e. The average Bonchev–Trinajstić information content (AvgIpc) is 2.14. The minimum atomic E-state index is -0.145. The van der Waals surface area contributed by atoms with Crippen LogP contribution in [0.15, 0.2) is 24.3 Å². The van der Waals surface area contributed by atoms with E-state index in [4.69, 9.17) is 4.74 Å². The Morgan fingerprint density at radius 3 is 2.29 bits per heavy atom. The van der Waals surface area contributed by atoms with E-state index >= 15 is 0 Å². The van der Waals surface area contributed by atoms with Crippen LogP contribution in [-0.2, 0) is 0 Å².